The maximum Gasteiger partial charge on any atom is 0.222 e. The minimum absolute atomic E-state index is 0.122. The quantitative estimate of drug-likeness (QED) is 0.632. The van der Waals surface area contributed by atoms with E-state index in [4.69, 9.17) is 4.74 Å². The number of likely N-dealkylation sites (tertiary alicyclic amines) is 2. The molecular weight excluding hydrogens is 438 g/mol. The van der Waals surface area contributed by atoms with Crippen molar-refractivity contribution in [3.63, 3.8) is 0 Å². The van der Waals surface area contributed by atoms with Crippen molar-refractivity contribution < 1.29 is 14.3 Å². The second kappa shape index (κ2) is 12.8. The molecular formula is C29H45N3O3. The maximum absolute atomic E-state index is 12.9. The van der Waals surface area contributed by atoms with E-state index in [2.05, 4.69) is 28.0 Å². The number of ether oxygens (including phenoxy) is 1. The van der Waals surface area contributed by atoms with Gasteiger partial charge >= 0.3 is 0 Å². The van der Waals surface area contributed by atoms with Gasteiger partial charge in [0, 0.05) is 39.5 Å². The molecule has 4 rings (SSSR count). The third kappa shape index (κ3) is 7.45. The maximum atomic E-state index is 12.9. The zero-order valence-corrected chi connectivity index (χ0v) is 21.8. The summed E-state index contributed by atoms with van der Waals surface area (Å²) in [5.74, 6) is 1.50. The Morgan fingerprint density at radius 2 is 1.71 bits per heavy atom. The van der Waals surface area contributed by atoms with Crippen LogP contribution in [0.15, 0.2) is 24.3 Å². The summed E-state index contributed by atoms with van der Waals surface area (Å²) in [7, 11) is 1.96. The average molecular weight is 484 g/mol. The molecule has 2 fully saturated rings. The molecule has 0 unspecified atom stereocenters. The van der Waals surface area contributed by atoms with Crippen LogP contribution in [0.2, 0.25) is 0 Å². The highest BCUT2D eigenvalue weighted by Gasteiger charge is 2.37. The van der Waals surface area contributed by atoms with Crippen LogP contribution in [0, 0.1) is 5.41 Å². The lowest BCUT2D eigenvalue weighted by molar-refractivity contribution is -0.137. The predicted molar refractivity (Wildman–Crippen MR) is 140 cm³/mol. The molecule has 0 saturated carbocycles. The van der Waals surface area contributed by atoms with Crippen molar-refractivity contribution in [2.45, 2.75) is 77.0 Å². The lowest BCUT2D eigenvalue weighted by Crippen LogP contribution is -2.48. The van der Waals surface area contributed by atoms with Gasteiger partial charge in [-0.3, -0.25) is 9.59 Å². The van der Waals surface area contributed by atoms with E-state index in [0.29, 0.717) is 25.4 Å². The second-order valence-electron chi connectivity index (χ2n) is 11.0. The molecule has 0 bridgehead atoms. The molecule has 0 radical (unpaired) electrons. The fourth-order valence-corrected chi connectivity index (χ4v) is 6.19. The van der Waals surface area contributed by atoms with Gasteiger partial charge in [0.25, 0.3) is 0 Å². The molecule has 3 heterocycles. The predicted octanol–water partition coefficient (Wildman–Crippen LogP) is 4.52. The summed E-state index contributed by atoms with van der Waals surface area (Å²) in [6, 6.07) is 8.33. The topological polar surface area (TPSA) is 53.1 Å². The molecule has 1 spiro atoms. The zero-order chi connectivity index (χ0) is 24.5. The summed E-state index contributed by atoms with van der Waals surface area (Å²) in [6.45, 7) is 6.51. The Bertz CT molecular complexity index is 828. The van der Waals surface area contributed by atoms with Crippen molar-refractivity contribution >= 4 is 11.8 Å². The summed E-state index contributed by atoms with van der Waals surface area (Å²) in [6.07, 6.45) is 11.9. The molecule has 2 saturated heterocycles. The van der Waals surface area contributed by atoms with E-state index in [9.17, 15) is 9.59 Å². The smallest absolute Gasteiger partial charge is 0.222 e. The minimum Gasteiger partial charge on any atom is -0.493 e. The van der Waals surface area contributed by atoms with E-state index in [-0.39, 0.29) is 11.3 Å². The van der Waals surface area contributed by atoms with E-state index in [1.54, 1.807) is 0 Å². The molecule has 6 heteroatoms. The third-order valence-electron chi connectivity index (χ3n) is 8.41. The number of benzene rings is 1. The van der Waals surface area contributed by atoms with Gasteiger partial charge in [0.2, 0.25) is 11.8 Å². The Kier molecular flexibility index (Phi) is 9.47. The lowest BCUT2D eigenvalue weighted by Gasteiger charge is -2.44. The third-order valence-corrected chi connectivity index (χ3v) is 8.41. The summed E-state index contributed by atoms with van der Waals surface area (Å²) in [4.78, 5) is 32.3. The van der Waals surface area contributed by atoms with Crippen LogP contribution in [-0.2, 0) is 16.0 Å². The fourth-order valence-electron chi connectivity index (χ4n) is 6.19. The summed E-state index contributed by atoms with van der Waals surface area (Å²) < 4.78 is 6.01. The number of piperidine rings is 1. The lowest BCUT2D eigenvalue weighted by atomic mass is 9.73. The molecule has 0 aliphatic carbocycles. The Balaban J connectivity index is 1.32. The average Bonchev–Trinajstić information content (AvgIpc) is 3.38. The van der Waals surface area contributed by atoms with Crippen LogP contribution in [-0.4, -0.2) is 79.4 Å². The molecule has 0 atom stereocenters. The van der Waals surface area contributed by atoms with Crippen LogP contribution in [0.25, 0.3) is 0 Å². The fraction of sp³-hybridized carbons (Fsp3) is 0.724. The van der Waals surface area contributed by atoms with Gasteiger partial charge in [-0.15, -0.1) is 0 Å². The Morgan fingerprint density at radius 3 is 2.51 bits per heavy atom. The minimum atomic E-state index is 0.122. The number of aryl methyl sites for hydroxylation is 1. The molecule has 1 aromatic carbocycles. The number of hydrogen-bond acceptors (Lipinski definition) is 4. The van der Waals surface area contributed by atoms with E-state index < -0.39 is 0 Å². The normalized spacial score (nSPS) is 22.5. The van der Waals surface area contributed by atoms with Gasteiger partial charge in [-0.25, -0.2) is 0 Å². The number of carbonyl (C=O) groups is 2. The molecule has 6 nitrogen and oxygen atoms in total. The first-order chi connectivity index (χ1) is 17.0. The molecule has 2 amide bonds. The number of amides is 2. The highest BCUT2D eigenvalue weighted by molar-refractivity contribution is 5.76. The van der Waals surface area contributed by atoms with Crippen LogP contribution in [0.3, 0.4) is 0 Å². The van der Waals surface area contributed by atoms with Gasteiger partial charge in [-0.1, -0.05) is 24.6 Å². The first-order valence-corrected chi connectivity index (χ1v) is 14.0. The molecule has 194 valence electrons. The summed E-state index contributed by atoms with van der Waals surface area (Å²) in [5, 5.41) is 0. The van der Waals surface area contributed by atoms with E-state index in [1.165, 1.54) is 31.5 Å². The second-order valence-corrected chi connectivity index (χ2v) is 11.0. The first-order valence-electron chi connectivity index (χ1n) is 14.0. The highest BCUT2D eigenvalue weighted by Crippen LogP contribution is 2.38. The summed E-state index contributed by atoms with van der Waals surface area (Å²) in [5.41, 5.74) is 1.40. The number of para-hydroxylation sites is 1. The van der Waals surface area contributed by atoms with Gasteiger partial charge in [0.15, 0.2) is 0 Å². The number of fused-ring (bicyclic) bond motifs is 1. The van der Waals surface area contributed by atoms with Crippen molar-refractivity contribution in [2.24, 2.45) is 5.41 Å². The molecule has 3 aliphatic heterocycles. The van der Waals surface area contributed by atoms with E-state index in [1.807, 2.05) is 18.0 Å². The van der Waals surface area contributed by atoms with Gasteiger partial charge < -0.3 is 19.4 Å². The molecule has 0 N–H and O–H groups in total. The zero-order valence-electron chi connectivity index (χ0n) is 21.8. The van der Waals surface area contributed by atoms with Crippen LogP contribution in [0.1, 0.15) is 76.2 Å². The van der Waals surface area contributed by atoms with Crippen LogP contribution in [0.4, 0.5) is 0 Å². The molecule has 1 aromatic rings. The SMILES string of the molecule is CN1CC2(CCCCc3ccccc3OCCCC1=O)CCN(C(=O)CCCN1CCCC1)CC2. The largest absolute Gasteiger partial charge is 0.493 e. The van der Waals surface area contributed by atoms with Crippen molar-refractivity contribution in [2.75, 3.05) is 52.9 Å². The molecule has 3 aliphatic rings. The van der Waals surface area contributed by atoms with Gasteiger partial charge in [-0.05, 0) is 94.5 Å². The number of rotatable bonds is 4. The van der Waals surface area contributed by atoms with Crippen LogP contribution >= 0.6 is 0 Å². The van der Waals surface area contributed by atoms with Gasteiger partial charge in [0.05, 0.1) is 6.61 Å². The standard InChI is InChI=1S/C29H45N3O3/c1-30-24-29(16-21-32(22-17-29)28(34)13-8-20-31-18-6-7-19-31)15-5-4-11-25-10-2-3-12-26(25)35-23-9-14-27(30)33/h2-3,10,12H,4-9,11,13-24H2,1H3. The van der Waals surface area contributed by atoms with E-state index >= 15 is 0 Å². The van der Waals surface area contributed by atoms with Crippen molar-refractivity contribution in [3.8, 4) is 5.75 Å². The molecule has 35 heavy (non-hydrogen) atoms. The number of nitrogens with zero attached hydrogens (tertiary/aromatic N) is 3. The molecule has 0 aromatic heterocycles. The van der Waals surface area contributed by atoms with E-state index in [0.717, 1.165) is 83.3 Å². The summed E-state index contributed by atoms with van der Waals surface area (Å²) >= 11 is 0. The highest BCUT2D eigenvalue weighted by atomic mass is 16.5. The Morgan fingerprint density at radius 1 is 0.943 bits per heavy atom. The number of hydrogen-bond donors (Lipinski definition) is 0. The number of carbonyl (C=O) groups excluding carboxylic acids is 2. The van der Waals surface area contributed by atoms with Gasteiger partial charge in [0.1, 0.15) is 5.75 Å². The van der Waals surface area contributed by atoms with Crippen molar-refractivity contribution in [3.05, 3.63) is 29.8 Å². The Labute approximate surface area is 212 Å². The van der Waals surface area contributed by atoms with Crippen molar-refractivity contribution in [1.29, 1.82) is 0 Å². The van der Waals surface area contributed by atoms with Crippen LogP contribution < -0.4 is 4.74 Å². The van der Waals surface area contributed by atoms with Crippen LogP contribution in [0.5, 0.6) is 5.75 Å². The van der Waals surface area contributed by atoms with Crippen molar-refractivity contribution in [1.82, 2.24) is 14.7 Å². The first kappa shape index (κ1) is 26.0. The van der Waals surface area contributed by atoms with Gasteiger partial charge in [-0.2, -0.15) is 0 Å². The monoisotopic (exact) mass is 483 g/mol. The Hall–Kier alpha value is -2.08.